The first-order chi connectivity index (χ1) is 6.61. The maximum atomic E-state index is 11.5. The molecule has 1 unspecified atom stereocenters. The quantitative estimate of drug-likeness (QED) is 0.706. The number of amides is 1. The average Bonchev–Trinajstić information content (AvgIpc) is 2.18. The van der Waals surface area contributed by atoms with Gasteiger partial charge in [-0.05, 0) is 26.0 Å². The molecule has 1 amide bonds. The molecule has 2 N–H and O–H groups in total. The number of carbonyl (C=O) groups excluding carboxylic acids is 1. The van der Waals surface area contributed by atoms with Crippen LogP contribution in [0.4, 0.5) is 5.69 Å². The lowest BCUT2D eigenvalue weighted by atomic mass is 10.1. The third-order valence-electron chi connectivity index (χ3n) is 2.08. The lowest BCUT2D eigenvalue weighted by Crippen LogP contribution is -2.25. The summed E-state index contributed by atoms with van der Waals surface area (Å²) in [5.74, 6) is -0.501. The van der Waals surface area contributed by atoms with Crippen molar-refractivity contribution >= 4 is 17.3 Å². The van der Waals surface area contributed by atoms with Gasteiger partial charge in [-0.25, -0.2) is 0 Å². The number of benzene rings is 1. The van der Waals surface area contributed by atoms with Crippen molar-refractivity contribution in [2.24, 2.45) is 5.92 Å². The summed E-state index contributed by atoms with van der Waals surface area (Å²) in [6.07, 6.45) is 0. The molecule has 0 aliphatic carbocycles. The fourth-order valence-electron chi connectivity index (χ4n) is 0.969. The molecule has 3 heteroatoms. The molecule has 0 radical (unpaired) electrons. The minimum atomic E-state index is -0.366. The van der Waals surface area contributed by atoms with Crippen molar-refractivity contribution in [1.29, 1.82) is 5.41 Å². The summed E-state index contributed by atoms with van der Waals surface area (Å²) in [5, 5.41) is 10.1. The van der Waals surface area contributed by atoms with Gasteiger partial charge in [0.2, 0.25) is 5.91 Å². The van der Waals surface area contributed by atoms with E-state index in [0.29, 0.717) is 5.71 Å². The molecular weight excluding hydrogens is 176 g/mol. The van der Waals surface area contributed by atoms with Gasteiger partial charge in [0.25, 0.3) is 0 Å². The molecule has 0 bridgehead atoms. The Morgan fingerprint density at radius 3 is 2.43 bits per heavy atom. The van der Waals surface area contributed by atoms with Crippen molar-refractivity contribution in [1.82, 2.24) is 0 Å². The monoisotopic (exact) mass is 190 g/mol. The van der Waals surface area contributed by atoms with Gasteiger partial charge in [-0.2, -0.15) is 0 Å². The topological polar surface area (TPSA) is 53.0 Å². The highest BCUT2D eigenvalue weighted by atomic mass is 16.1. The Bertz CT molecular complexity index is 332. The smallest absolute Gasteiger partial charge is 0.232 e. The van der Waals surface area contributed by atoms with Crippen molar-refractivity contribution in [3.8, 4) is 0 Å². The van der Waals surface area contributed by atoms with E-state index in [1.807, 2.05) is 30.3 Å². The zero-order valence-corrected chi connectivity index (χ0v) is 8.37. The first kappa shape index (κ1) is 10.4. The molecule has 0 aliphatic heterocycles. The van der Waals surface area contributed by atoms with Gasteiger partial charge in [-0.1, -0.05) is 18.2 Å². The summed E-state index contributed by atoms with van der Waals surface area (Å²) in [5.41, 5.74) is 1.14. The molecule has 1 aromatic carbocycles. The molecule has 0 saturated heterocycles. The zero-order chi connectivity index (χ0) is 10.6. The average molecular weight is 190 g/mol. The Kier molecular flexibility index (Phi) is 3.40. The Morgan fingerprint density at radius 2 is 1.93 bits per heavy atom. The number of carbonyl (C=O) groups is 1. The fraction of sp³-hybridized carbons (Fsp3) is 0.273. The van der Waals surface area contributed by atoms with Gasteiger partial charge in [0.05, 0.1) is 5.92 Å². The highest BCUT2D eigenvalue weighted by molar-refractivity contribution is 6.06. The zero-order valence-electron chi connectivity index (χ0n) is 8.37. The van der Waals surface area contributed by atoms with Crippen LogP contribution in [0.25, 0.3) is 0 Å². The summed E-state index contributed by atoms with van der Waals surface area (Å²) in [7, 11) is 0. The van der Waals surface area contributed by atoms with E-state index in [0.717, 1.165) is 5.69 Å². The van der Waals surface area contributed by atoms with E-state index in [-0.39, 0.29) is 11.8 Å². The van der Waals surface area contributed by atoms with E-state index in [4.69, 9.17) is 5.41 Å². The second-order valence-electron chi connectivity index (χ2n) is 3.26. The van der Waals surface area contributed by atoms with Gasteiger partial charge in [-0.3, -0.25) is 4.79 Å². The van der Waals surface area contributed by atoms with Gasteiger partial charge in [-0.15, -0.1) is 0 Å². The first-order valence-electron chi connectivity index (χ1n) is 4.52. The van der Waals surface area contributed by atoms with E-state index in [2.05, 4.69) is 5.32 Å². The fourth-order valence-corrected chi connectivity index (χ4v) is 0.969. The van der Waals surface area contributed by atoms with E-state index >= 15 is 0 Å². The molecule has 0 fully saturated rings. The van der Waals surface area contributed by atoms with Gasteiger partial charge in [0.15, 0.2) is 0 Å². The molecular formula is C11H14N2O. The Balaban J connectivity index is 2.62. The maximum Gasteiger partial charge on any atom is 0.232 e. The number of nitrogens with one attached hydrogen (secondary N) is 2. The van der Waals surface area contributed by atoms with Crippen LogP contribution in [-0.4, -0.2) is 11.6 Å². The molecule has 0 spiro atoms. The SMILES string of the molecule is CC(=N)C(C)C(=O)Nc1ccccc1. The summed E-state index contributed by atoms with van der Waals surface area (Å²) < 4.78 is 0. The van der Waals surface area contributed by atoms with E-state index in [1.54, 1.807) is 13.8 Å². The Morgan fingerprint density at radius 1 is 1.36 bits per heavy atom. The number of rotatable bonds is 3. The minimum absolute atomic E-state index is 0.135. The van der Waals surface area contributed by atoms with Crippen LogP contribution in [0.2, 0.25) is 0 Å². The molecule has 1 rings (SSSR count). The number of anilines is 1. The van der Waals surface area contributed by atoms with Crippen molar-refractivity contribution in [3.63, 3.8) is 0 Å². The van der Waals surface area contributed by atoms with Crippen LogP contribution in [0.5, 0.6) is 0 Å². The third kappa shape index (κ3) is 2.69. The van der Waals surface area contributed by atoms with Gasteiger partial charge in [0.1, 0.15) is 0 Å². The highest BCUT2D eigenvalue weighted by Crippen LogP contribution is 2.07. The van der Waals surface area contributed by atoms with E-state index in [9.17, 15) is 4.79 Å². The summed E-state index contributed by atoms with van der Waals surface area (Å²) in [4.78, 5) is 11.5. The molecule has 0 saturated carbocycles. The van der Waals surface area contributed by atoms with Gasteiger partial charge >= 0.3 is 0 Å². The van der Waals surface area contributed by atoms with Crippen molar-refractivity contribution in [2.75, 3.05) is 5.32 Å². The van der Waals surface area contributed by atoms with Crippen LogP contribution < -0.4 is 5.32 Å². The highest BCUT2D eigenvalue weighted by Gasteiger charge is 2.14. The molecule has 3 nitrogen and oxygen atoms in total. The predicted molar refractivity (Wildman–Crippen MR) is 57.6 cm³/mol. The van der Waals surface area contributed by atoms with Crippen LogP contribution in [0, 0.1) is 11.3 Å². The normalized spacial score (nSPS) is 11.9. The summed E-state index contributed by atoms with van der Waals surface area (Å²) >= 11 is 0. The standard InChI is InChI=1S/C11H14N2O/c1-8(9(2)12)11(14)13-10-6-4-3-5-7-10/h3-8,12H,1-2H3,(H,13,14). The van der Waals surface area contributed by atoms with Gasteiger partial charge in [0, 0.05) is 11.4 Å². The largest absolute Gasteiger partial charge is 0.326 e. The van der Waals surface area contributed by atoms with E-state index in [1.165, 1.54) is 0 Å². The minimum Gasteiger partial charge on any atom is -0.326 e. The van der Waals surface area contributed by atoms with Crippen LogP contribution in [-0.2, 0) is 4.79 Å². The second kappa shape index (κ2) is 4.56. The molecule has 1 atom stereocenters. The molecule has 0 heterocycles. The van der Waals surface area contributed by atoms with Gasteiger partial charge < -0.3 is 10.7 Å². The predicted octanol–water partition coefficient (Wildman–Crippen LogP) is 2.30. The van der Waals surface area contributed by atoms with Crippen molar-refractivity contribution in [3.05, 3.63) is 30.3 Å². The maximum absolute atomic E-state index is 11.5. The molecule has 0 aromatic heterocycles. The second-order valence-corrected chi connectivity index (χ2v) is 3.26. The van der Waals surface area contributed by atoms with Crippen LogP contribution in [0.15, 0.2) is 30.3 Å². The lowest BCUT2D eigenvalue weighted by Gasteiger charge is -2.10. The van der Waals surface area contributed by atoms with Crippen LogP contribution >= 0.6 is 0 Å². The van der Waals surface area contributed by atoms with Crippen molar-refractivity contribution < 1.29 is 4.79 Å². The first-order valence-corrected chi connectivity index (χ1v) is 4.52. The summed E-state index contributed by atoms with van der Waals surface area (Å²) in [6, 6.07) is 9.25. The number of hydrogen-bond donors (Lipinski definition) is 2. The molecule has 0 aliphatic rings. The van der Waals surface area contributed by atoms with Crippen LogP contribution in [0.3, 0.4) is 0 Å². The number of hydrogen-bond acceptors (Lipinski definition) is 2. The Labute approximate surface area is 83.7 Å². The Hall–Kier alpha value is -1.64. The molecule has 74 valence electrons. The molecule has 14 heavy (non-hydrogen) atoms. The van der Waals surface area contributed by atoms with E-state index < -0.39 is 0 Å². The number of para-hydroxylation sites is 1. The molecule has 1 aromatic rings. The van der Waals surface area contributed by atoms with Crippen molar-refractivity contribution in [2.45, 2.75) is 13.8 Å². The summed E-state index contributed by atoms with van der Waals surface area (Å²) in [6.45, 7) is 3.36. The lowest BCUT2D eigenvalue weighted by molar-refractivity contribution is -0.117. The van der Waals surface area contributed by atoms with Crippen LogP contribution in [0.1, 0.15) is 13.8 Å². The third-order valence-corrected chi connectivity index (χ3v) is 2.08.